The van der Waals surface area contributed by atoms with Crippen molar-refractivity contribution in [3.8, 4) is 0 Å². The van der Waals surface area contributed by atoms with Gasteiger partial charge in [-0.15, -0.1) is 0 Å². The SMILES string of the molecule is O=C(NCCCN1CCN(c2ccccc2F)CC1)Nc1ccccc1. The number of amides is 2. The highest BCUT2D eigenvalue weighted by Gasteiger charge is 2.18. The van der Waals surface area contributed by atoms with Crippen LogP contribution in [0.15, 0.2) is 54.6 Å². The summed E-state index contributed by atoms with van der Waals surface area (Å²) in [5.41, 5.74) is 1.47. The van der Waals surface area contributed by atoms with Crippen molar-refractivity contribution in [2.75, 3.05) is 49.5 Å². The number of rotatable bonds is 6. The van der Waals surface area contributed by atoms with Gasteiger partial charge in [-0.1, -0.05) is 30.3 Å². The van der Waals surface area contributed by atoms with Gasteiger partial charge in [-0.25, -0.2) is 9.18 Å². The minimum absolute atomic E-state index is 0.158. The molecule has 6 heteroatoms. The van der Waals surface area contributed by atoms with Gasteiger partial charge in [0.25, 0.3) is 0 Å². The highest BCUT2D eigenvalue weighted by atomic mass is 19.1. The Bertz CT molecular complexity index is 702. The van der Waals surface area contributed by atoms with Crippen LogP contribution in [0.25, 0.3) is 0 Å². The highest BCUT2D eigenvalue weighted by molar-refractivity contribution is 5.89. The fourth-order valence-electron chi connectivity index (χ4n) is 3.12. The van der Waals surface area contributed by atoms with Crippen molar-refractivity contribution in [2.24, 2.45) is 0 Å². The second-order valence-corrected chi connectivity index (χ2v) is 6.38. The zero-order valence-electron chi connectivity index (χ0n) is 14.8. The third-order valence-electron chi connectivity index (χ3n) is 4.53. The van der Waals surface area contributed by atoms with Gasteiger partial charge in [0, 0.05) is 38.4 Å². The van der Waals surface area contributed by atoms with Crippen LogP contribution in [-0.2, 0) is 0 Å². The van der Waals surface area contributed by atoms with Crippen LogP contribution in [0.3, 0.4) is 0 Å². The van der Waals surface area contributed by atoms with E-state index in [-0.39, 0.29) is 11.8 Å². The zero-order chi connectivity index (χ0) is 18.2. The van der Waals surface area contributed by atoms with Crippen molar-refractivity contribution < 1.29 is 9.18 Å². The van der Waals surface area contributed by atoms with E-state index in [0.717, 1.165) is 44.8 Å². The molecule has 5 nitrogen and oxygen atoms in total. The lowest BCUT2D eigenvalue weighted by molar-refractivity contribution is 0.244. The fraction of sp³-hybridized carbons (Fsp3) is 0.350. The standard InChI is InChI=1S/C20H25FN4O/c21-18-9-4-5-10-19(18)25-15-13-24(14-16-25)12-6-11-22-20(26)23-17-7-2-1-3-8-17/h1-5,7-10H,6,11-16H2,(H2,22,23,26). The molecule has 2 amide bonds. The van der Waals surface area contributed by atoms with Crippen LogP contribution in [0.1, 0.15) is 6.42 Å². The first-order valence-electron chi connectivity index (χ1n) is 9.04. The van der Waals surface area contributed by atoms with Gasteiger partial charge >= 0.3 is 6.03 Å². The van der Waals surface area contributed by atoms with Crippen LogP contribution in [0, 0.1) is 5.82 Å². The maximum Gasteiger partial charge on any atom is 0.319 e. The van der Waals surface area contributed by atoms with Gasteiger partial charge in [-0.2, -0.15) is 0 Å². The summed E-state index contributed by atoms with van der Waals surface area (Å²) in [6, 6.07) is 16.1. The molecule has 0 bridgehead atoms. The largest absolute Gasteiger partial charge is 0.367 e. The molecule has 1 fully saturated rings. The molecule has 1 aliphatic rings. The van der Waals surface area contributed by atoms with Crippen LogP contribution < -0.4 is 15.5 Å². The predicted octanol–water partition coefficient (Wildman–Crippen LogP) is 3.16. The van der Waals surface area contributed by atoms with Crippen LogP contribution in [0.2, 0.25) is 0 Å². The first kappa shape index (κ1) is 18.2. The minimum Gasteiger partial charge on any atom is -0.367 e. The number of piperazine rings is 1. The molecule has 26 heavy (non-hydrogen) atoms. The van der Waals surface area contributed by atoms with Crippen LogP contribution in [-0.4, -0.2) is 50.2 Å². The summed E-state index contributed by atoms with van der Waals surface area (Å²) in [5.74, 6) is -0.158. The lowest BCUT2D eigenvalue weighted by Crippen LogP contribution is -2.47. The molecular weight excluding hydrogens is 331 g/mol. The van der Waals surface area contributed by atoms with Gasteiger partial charge in [-0.05, 0) is 37.2 Å². The molecule has 3 rings (SSSR count). The first-order chi connectivity index (χ1) is 12.7. The van der Waals surface area contributed by atoms with Gasteiger partial charge < -0.3 is 15.5 Å². The third-order valence-corrected chi connectivity index (χ3v) is 4.53. The lowest BCUT2D eigenvalue weighted by atomic mass is 10.2. The van der Waals surface area contributed by atoms with E-state index in [2.05, 4.69) is 20.4 Å². The molecule has 0 radical (unpaired) electrons. The summed E-state index contributed by atoms with van der Waals surface area (Å²) < 4.78 is 13.9. The van der Waals surface area contributed by atoms with Crippen molar-refractivity contribution in [1.82, 2.24) is 10.2 Å². The fourth-order valence-corrected chi connectivity index (χ4v) is 3.12. The molecule has 138 valence electrons. The van der Waals surface area contributed by atoms with Gasteiger partial charge in [0.05, 0.1) is 5.69 Å². The quantitative estimate of drug-likeness (QED) is 0.782. The summed E-state index contributed by atoms with van der Waals surface area (Å²) in [4.78, 5) is 16.3. The molecule has 2 aromatic carbocycles. The number of nitrogens with zero attached hydrogens (tertiary/aromatic N) is 2. The van der Waals surface area contributed by atoms with E-state index in [1.54, 1.807) is 6.07 Å². The number of halogens is 1. The molecule has 0 aromatic heterocycles. The van der Waals surface area contributed by atoms with Gasteiger partial charge in [0.1, 0.15) is 5.82 Å². The number of hydrogen-bond donors (Lipinski definition) is 2. The Balaban J connectivity index is 1.32. The molecule has 1 heterocycles. The molecular formula is C20H25FN4O. The van der Waals surface area contributed by atoms with E-state index < -0.39 is 0 Å². The number of hydrogen-bond acceptors (Lipinski definition) is 3. The number of anilines is 2. The summed E-state index contributed by atoms with van der Waals surface area (Å²) >= 11 is 0. The van der Waals surface area contributed by atoms with E-state index in [0.29, 0.717) is 12.2 Å². The number of nitrogens with one attached hydrogen (secondary N) is 2. The molecule has 0 saturated carbocycles. The molecule has 1 saturated heterocycles. The number of benzene rings is 2. The second-order valence-electron chi connectivity index (χ2n) is 6.38. The summed E-state index contributed by atoms with van der Waals surface area (Å²) in [6.45, 7) is 5.02. The van der Waals surface area contributed by atoms with Crippen LogP contribution in [0.5, 0.6) is 0 Å². The highest BCUT2D eigenvalue weighted by Crippen LogP contribution is 2.20. The Morgan fingerprint density at radius 2 is 1.65 bits per heavy atom. The summed E-state index contributed by atoms with van der Waals surface area (Å²) in [5, 5.41) is 5.68. The van der Waals surface area contributed by atoms with E-state index in [4.69, 9.17) is 0 Å². The molecule has 0 atom stereocenters. The Morgan fingerprint density at radius 1 is 0.962 bits per heavy atom. The molecule has 0 aliphatic carbocycles. The Morgan fingerprint density at radius 3 is 2.38 bits per heavy atom. The molecule has 2 aromatic rings. The summed E-state index contributed by atoms with van der Waals surface area (Å²) in [6.07, 6.45) is 0.891. The number of urea groups is 1. The van der Waals surface area contributed by atoms with Crippen molar-refractivity contribution in [1.29, 1.82) is 0 Å². The normalized spacial score (nSPS) is 14.9. The van der Waals surface area contributed by atoms with Gasteiger partial charge in [0.2, 0.25) is 0 Å². The third kappa shape index (κ3) is 5.20. The topological polar surface area (TPSA) is 47.6 Å². The first-order valence-corrected chi connectivity index (χ1v) is 9.04. The van der Waals surface area contributed by atoms with Crippen LogP contribution in [0.4, 0.5) is 20.6 Å². The average molecular weight is 356 g/mol. The Labute approximate surface area is 153 Å². The minimum atomic E-state index is -0.180. The van der Waals surface area contributed by atoms with Crippen molar-refractivity contribution in [2.45, 2.75) is 6.42 Å². The summed E-state index contributed by atoms with van der Waals surface area (Å²) in [7, 11) is 0. The Hall–Kier alpha value is -2.60. The number of carbonyl (C=O) groups excluding carboxylic acids is 1. The van der Waals surface area contributed by atoms with E-state index in [1.807, 2.05) is 42.5 Å². The average Bonchev–Trinajstić information content (AvgIpc) is 2.67. The number of para-hydroxylation sites is 2. The molecule has 1 aliphatic heterocycles. The van der Waals surface area contributed by atoms with Crippen molar-refractivity contribution >= 4 is 17.4 Å². The molecule has 0 spiro atoms. The zero-order valence-corrected chi connectivity index (χ0v) is 14.8. The van der Waals surface area contributed by atoms with Crippen LogP contribution >= 0.6 is 0 Å². The monoisotopic (exact) mass is 356 g/mol. The lowest BCUT2D eigenvalue weighted by Gasteiger charge is -2.36. The molecule has 0 unspecified atom stereocenters. The number of carbonyl (C=O) groups is 1. The Kier molecular flexibility index (Phi) is 6.44. The van der Waals surface area contributed by atoms with Gasteiger partial charge in [-0.3, -0.25) is 4.90 Å². The van der Waals surface area contributed by atoms with E-state index >= 15 is 0 Å². The van der Waals surface area contributed by atoms with Crippen molar-refractivity contribution in [3.63, 3.8) is 0 Å². The molecule has 2 N–H and O–H groups in total. The maximum atomic E-state index is 13.9. The van der Waals surface area contributed by atoms with E-state index in [9.17, 15) is 9.18 Å². The van der Waals surface area contributed by atoms with Crippen molar-refractivity contribution in [3.05, 3.63) is 60.4 Å². The smallest absolute Gasteiger partial charge is 0.319 e. The van der Waals surface area contributed by atoms with Gasteiger partial charge in [0.15, 0.2) is 0 Å². The van der Waals surface area contributed by atoms with E-state index in [1.165, 1.54) is 6.07 Å². The second kappa shape index (κ2) is 9.20. The maximum absolute atomic E-state index is 13.9. The predicted molar refractivity (Wildman–Crippen MR) is 103 cm³/mol.